The highest BCUT2D eigenvalue weighted by atomic mass is 16.5. The zero-order chi connectivity index (χ0) is 11.0. The summed E-state index contributed by atoms with van der Waals surface area (Å²) >= 11 is 0. The van der Waals surface area contributed by atoms with Crippen molar-refractivity contribution in [2.45, 2.75) is 0 Å². The summed E-state index contributed by atoms with van der Waals surface area (Å²) in [6, 6.07) is 4.46. The number of hydrogen-bond donors (Lipinski definition) is 1. The summed E-state index contributed by atoms with van der Waals surface area (Å²) in [6.07, 6.45) is 1.61. The number of ketones is 1. The number of fused-ring (bicyclic) bond motifs is 1. The third-order valence-electron chi connectivity index (χ3n) is 2.03. The lowest BCUT2D eigenvalue weighted by molar-refractivity contribution is 0.101. The summed E-state index contributed by atoms with van der Waals surface area (Å²) < 4.78 is 5.32. The molecule has 1 N–H and O–H groups in total. The number of Topliss-reactive ketones (excluding diaryl/α,β-unsaturated/α-hetero) is 1. The molecule has 4 heteroatoms. The van der Waals surface area contributed by atoms with Gasteiger partial charge in [-0.05, 0) is 12.1 Å². The molecule has 0 saturated heterocycles. The number of nitrogens with zero attached hydrogens (tertiary/aromatic N) is 1. The van der Waals surface area contributed by atoms with Crippen LogP contribution >= 0.6 is 0 Å². The second-order valence-electron chi connectivity index (χ2n) is 3.57. The van der Waals surface area contributed by atoms with E-state index < -0.39 is 0 Å². The summed E-state index contributed by atoms with van der Waals surface area (Å²) in [5.74, 6) is 0.625. The van der Waals surface area contributed by atoms with Gasteiger partial charge in [0.25, 0.3) is 0 Å². The Balaban J connectivity index is 2.41. The minimum absolute atomic E-state index is 0.0904. The molecule has 1 aromatic carbocycles. The summed E-state index contributed by atoms with van der Waals surface area (Å²) in [5.41, 5.74) is 0.487. The third kappa shape index (κ3) is 1.66. The van der Waals surface area contributed by atoms with Gasteiger partial charge in [-0.15, -0.1) is 0 Å². The first-order valence-electron chi connectivity index (χ1n) is 4.52. The summed E-state index contributed by atoms with van der Waals surface area (Å²) in [6.45, 7) is 0. The van der Waals surface area contributed by atoms with Crippen LogP contribution in [-0.4, -0.2) is 29.9 Å². The van der Waals surface area contributed by atoms with Crippen molar-refractivity contribution < 1.29 is 14.6 Å². The van der Waals surface area contributed by atoms with Gasteiger partial charge in [-0.3, -0.25) is 4.79 Å². The van der Waals surface area contributed by atoms with E-state index in [-0.39, 0.29) is 17.3 Å². The van der Waals surface area contributed by atoms with Gasteiger partial charge in [0.1, 0.15) is 11.5 Å². The van der Waals surface area contributed by atoms with Crippen molar-refractivity contribution in [3.05, 3.63) is 35.7 Å². The second-order valence-corrected chi connectivity index (χ2v) is 3.57. The van der Waals surface area contributed by atoms with E-state index >= 15 is 0 Å². The first-order valence-corrected chi connectivity index (χ1v) is 4.52. The summed E-state index contributed by atoms with van der Waals surface area (Å²) in [7, 11) is 3.62. The molecule has 1 heterocycles. The van der Waals surface area contributed by atoms with Crippen LogP contribution in [0.15, 0.2) is 30.2 Å². The molecule has 78 valence electrons. The molecule has 0 aromatic heterocycles. The molecule has 0 unspecified atom stereocenters. The van der Waals surface area contributed by atoms with E-state index in [9.17, 15) is 9.90 Å². The van der Waals surface area contributed by atoms with Gasteiger partial charge in [0.2, 0.25) is 5.78 Å². The van der Waals surface area contributed by atoms with Crippen LogP contribution in [0.25, 0.3) is 0 Å². The fourth-order valence-corrected chi connectivity index (χ4v) is 1.40. The number of phenols is 1. The molecular formula is C11H11NO3. The van der Waals surface area contributed by atoms with Crippen LogP contribution < -0.4 is 4.74 Å². The van der Waals surface area contributed by atoms with Crippen molar-refractivity contribution in [2.24, 2.45) is 0 Å². The number of ether oxygens (including phenoxy) is 1. The molecule has 0 aliphatic carbocycles. The fraction of sp³-hybridized carbons (Fsp3) is 0.182. The van der Waals surface area contributed by atoms with Crippen molar-refractivity contribution in [2.75, 3.05) is 14.1 Å². The molecule has 1 aliphatic heterocycles. The lowest BCUT2D eigenvalue weighted by Gasteiger charge is -2.05. The Labute approximate surface area is 87.4 Å². The molecule has 0 spiro atoms. The van der Waals surface area contributed by atoms with Crippen LogP contribution in [0.1, 0.15) is 10.4 Å². The van der Waals surface area contributed by atoms with Crippen molar-refractivity contribution in [1.82, 2.24) is 4.90 Å². The van der Waals surface area contributed by atoms with Crippen LogP contribution in [0.5, 0.6) is 11.5 Å². The Morgan fingerprint density at radius 1 is 1.40 bits per heavy atom. The van der Waals surface area contributed by atoms with Crippen LogP contribution in [0.3, 0.4) is 0 Å². The highest BCUT2D eigenvalue weighted by molar-refractivity contribution is 6.12. The number of benzene rings is 1. The zero-order valence-electron chi connectivity index (χ0n) is 8.52. The average Bonchev–Trinajstić information content (AvgIpc) is 2.42. The first kappa shape index (κ1) is 9.58. The topological polar surface area (TPSA) is 49.8 Å². The highest BCUT2D eigenvalue weighted by Crippen LogP contribution is 2.33. The summed E-state index contributed by atoms with van der Waals surface area (Å²) in [4.78, 5) is 13.5. The van der Waals surface area contributed by atoms with Gasteiger partial charge in [0, 0.05) is 26.4 Å². The average molecular weight is 205 g/mol. The van der Waals surface area contributed by atoms with Gasteiger partial charge in [-0.25, -0.2) is 0 Å². The van der Waals surface area contributed by atoms with Crippen molar-refractivity contribution >= 4 is 5.78 Å². The van der Waals surface area contributed by atoms with Crippen LogP contribution in [0.2, 0.25) is 0 Å². The maximum absolute atomic E-state index is 11.7. The van der Waals surface area contributed by atoms with Gasteiger partial charge >= 0.3 is 0 Å². The number of phenolic OH excluding ortho intramolecular Hbond substituents is 1. The monoisotopic (exact) mass is 205 g/mol. The predicted octanol–water partition coefficient (Wildman–Crippen LogP) is 1.37. The number of allylic oxidation sites excluding steroid dienone is 1. The fourth-order valence-electron chi connectivity index (χ4n) is 1.40. The number of aromatic hydroxyl groups is 1. The molecule has 0 fully saturated rings. The van der Waals surface area contributed by atoms with Crippen LogP contribution in [0.4, 0.5) is 0 Å². The van der Waals surface area contributed by atoms with E-state index in [0.29, 0.717) is 11.3 Å². The SMILES string of the molecule is CN(C)C=C1Oc2cc(O)ccc2C1=O. The largest absolute Gasteiger partial charge is 0.508 e. The van der Waals surface area contributed by atoms with E-state index in [1.807, 2.05) is 14.1 Å². The van der Waals surface area contributed by atoms with Crippen LogP contribution in [0, 0.1) is 0 Å². The summed E-state index contributed by atoms with van der Waals surface area (Å²) in [5, 5.41) is 9.23. The maximum Gasteiger partial charge on any atom is 0.233 e. The van der Waals surface area contributed by atoms with Gasteiger partial charge in [-0.1, -0.05) is 0 Å². The van der Waals surface area contributed by atoms with Gasteiger partial charge in [0.05, 0.1) is 5.56 Å². The van der Waals surface area contributed by atoms with E-state index in [2.05, 4.69) is 0 Å². The molecule has 0 atom stereocenters. The lowest BCUT2D eigenvalue weighted by atomic mass is 10.1. The normalized spacial score (nSPS) is 16.4. The van der Waals surface area contributed by atoms with E-state index in [4.69, 9.17) is 4.74 Å². The maximum atomic E-state index is 11.7. The molecule has 1 aromatic rings. The number of hydrogen-bond acceptors (Lipinski definition) is 4. The molecule has 2 rings (SSSR count). The predicted molar refractivity (Wildman–Crippen MR) is 54.8 cm³/mol. The van der Waals surface area contributed by atoms with Crippen LogP contribution in [-0.2, 0) is 0 Å². The Morgan fingerprint density at radius 3 is 2.80 bits per heavy atom. The van der Waals surface area contributed by atoms with E-state index in [1.54, 1.807) is 17.2 Å². The lowest BCUT2D eigenvalue weighted by Crippen LogP contribution is -2.08. The van der Waals surface area contributed by atoms with E-state index in [0.717, 1.165) is 0 Å². The number of carbonyl (C=O) groups is 1. The molecule has 15 heavy (non-hydrogen) atoms. The van der Waals surface area contributed by atoms with Crippen molar-refractivity contribution in [3.8, 4) is 11.5 Å². The highest BCUT2D eigenvalue weighted by Gasteiger charge is 2.27. The van der Waals surface area contributed by atoms with Gasteiger partial charge in [-0.2, -0.15) is 0 Å². The van der Waals surface area contributed by atoms with Gasteiger partial charge in [0.15, 0.2) is 5.76 Å². The molecule has 0 saturated carbocycles. The quantitative estimate of drug-likeness (QED) is 0.703. The Kier molecular flexibility index (Phi) is 2.11. The third-order valence-corrected chi connectivity index (χ3v) is 2.03. The van der Waals surface area contributed by atoms with Crippen molar-refractivity contribution in [1.29, 1.82) is 0 Å². The molecular weight excluding hydrogens is 194 g/mol. The molecule has 0 bridgehead atoms. The smallest absolute Gasteiger partial charge is 0.233 e. The first-order chi connectivity index (χ1) is 7.08. The molecule has 4 nitrogen and oxygen atoms in total. The van der Waals surface area contributed by atoms with Crippen molar-refractivity contribution in [3.63, 3.8) is 0 Å². The standard InChI is InChI=1S/C11H11NO3/c1-12(2)6-10-11(14)8-4-3-7(13)5-9(8)15-10/h3-6,13H,1-2H3. The zero-order valence-corrected chi connectivity index (χ0v) is 8.52. The minimum Gasteiger partial charge on any atom is -0.508 e. The number of rotatable bonds is 1. The molecule has 0 radical (unpaired) electrons. The molecule has 1 aliphatic rings. The van der Waals surface area contributed by atoms with Gasteiger partial charge < -0.3 is 14.7 Å². The number of carbonyl (C=O) groups excluding carboxylic acids is 1. The Bertz CT molecular complexity index is 449. The Hall–Kier alpha value is -1.97. The second kappa shape index (κ2) is 3.31. The van der Waals surface area contributed by atoms with E-state index in [1.165, 1.54) is 12.1 Å². The minimum atomic E-state index is -0.154. The Morgan fingerprint density at radius 2 is 2.13 bits per heavy atom. The molecule has 0 amide bonds.